The van der Waals surface area contributed by atoms with Gasteiger partial charge in [-0.3, -0.25) is 4.79 Å². The van der Waals surface area contributed by atoms with E-state index in [1.807, 2.05) is 25.5 Å². The summed E-state index contributed by atoms with van der Waals surface area (Å²) in [4.78, 5) is 10.6. The Bertz CT molecular complexity index is 212. The first-order valence-electron chi connectivity index (χ1n) is 4.64. The Labute approximate surface area is 83.8 Å². The summed E-state index contributed by atoms with van der Waals surface area (Å²) < 4.78 is 15.5. The second kappa shape index (κ2) is 5.78. The number of carbonyl (C=O) groups is 1. The van der Waals surface area contributed by atoms with Crippen molar-refractivity contribution in [3.05, 3.63) is 18.6 Å². The summed E-state index contributed by atoms with van der Waals surface area (Å²) in [6, 6.07) is 0. The molecule has 0 saturated heterocycles. The third kappa shape index (κ3) is 3.89. The van der Waals surface area contributed by atoms with Crippen LogP contribution in [0.3, 0.4) is 0 Å². The molecule has 14 heavy (non-hydrogen) atoms. The molecular weight excluding hydrogens is 184 g/mol. The van der Waals surface area contributed by atoms with Crippen LogP contribution in [0.25, 0.3) is 0 Å². The standard InChI is InChI=1S/C10H15O4/c1-3-12-10-6-4-5-9(14-10)7-13-8(2)11/h4-6,9-10H,3,7H2,1-2H3/t9-,10+/m0/s1. The predicted molar refractivity (Wildman–Crippen MR) is 50.4 cm³/mol. The molecular formula is C10H15O4. The molecule has 0 aromatic heterocycles. The molecule has 0 amide bonds. The molecule has 0 fully saturated rings. The maximum Gasteiger partial charge on any atom is 0.302 e. The average Bonchev–Trinajstić information content (AvgIpc) is 2.16. The lowest BCUT2D eigenvalue weighted by Gasteiger charge is -2.24. The Morgan fingerprint density at radius 2 is 2.36 bits per heavy atom. The minimum atomic E-state index is -0.328. The summed E-state index contributed by atoms with van der Waals surface area (Å²) in [5.74, 6) is -0.301. The SMILES string of the molecule is CCO[C@H]1[CH]C=C[C@@H](COC(C)=O)O1. The molecule has 1 aliphatic rings. The lowest BCUT2D eigenvalue weighted by Crippen LogP contribution is -2.30. The zero-order chi connectivity index (χ0) is 10.4. The fourth-order valence-electron chi connectivity index (χ4n) is 1.10. The van der Waals surface area contributed by atoms with Crippen molar-refractivity contribution in [2.45, 2.75) is 26.2 Å². The fraction of sp³-hybridized carbons (Fsp3) is 0.600. The summed E-state index contributed by atoms with van der Waals surface area (Å²) in [7, 11) is 0. The molecule has 0 unspecified atom stereocenters. The van der Waals surface area contributed by atoms with Crippen LogP contribution in [0.2, 0.25) is 0 Å². The van der Waals surface area contributed by atoms with Gasteiger partial charge in [0.25, 0.3) is 0 Å². The topological polar surface area (TPSA) is 44.8 Å². The van der Waals surface area contributed by atoms with Crippen LogP contribution in [0.5, 0.6) is 0 Å². The van der Waals surface area contributed by atoms with E-state index in [4.69, 9.17) is 14.2 Å². The summed E-state index contributed by atoms with van der Waals surface area (Å²) in [5, 5.41) is 0. The summed E-state index contributed by atoms with van der Waals surface area (Å²) >= 11 is 0. The van der Waals surface area contributed by atoms with Crippen LogP contribution in [-0.2, 0) is 19.0 Å². The smallest absolute Gasteiger partial charge is 0.302 e. The van der Waals surface area contributed by atoms with Gasteiger partial charge in [0.15, 0.2) is 6.29 Å². The highest BCUT2D eigenvalue weighted by atomic mass is 16.7. The summed E-state index contributed by atoms with van der Waals surface area (Å²) in [6.07, 6.45) is 4.97. The highest BCUT2D eigenvalue weighted by molar-refractivity contribution is 5.65. The van der Waals surface area contributed by atoms with Crippen LogP contribution in [-0.4, -0.2) is 31.6 Å². The molecule has 4 heteroatoms. The average molecular weight is 199 g/mol. The molecule has 1 aliphatic heterocycles. The van der Waals surface area contributed by atoms with Gasteiger partial charge in [0, 0.05) is 20.0 Å². The third-order valence-electron chi connectivity index (χ3n) is 1.68. The van der Waals surface area contributed by atoms with E-state index in [-0.39, 0.29) is 25.0 Å². The zero-order valence-corrected chi connectivity index (χ0v) is 8.43. The monoisotopic (exact) mass is 199 g/mol. The Morgan fingerprint density at radius 1 is 1.57 bits per heavy atom. The second-order valence-electron chi connectivity index (χ2n) is 2.88. The van der Waals surface area contributed by atoms with E-state index in [0.29, 0.717) is 6.61 Å². The lowest BCUT2D eigenvalue weighted by molar-refractivity contribution is -0.163. The largest absolute Gasteiger partial charge is 0.463 e. The van der Waals surface area contributed by atoms with Crippen molar-refractivity contribution in [3.63, 3.8) is 0 Å². The first kappa shape index (κ1) is 11.2. The van der Waals surface area contributed by atoms with Gasteiger partial charge in [-0.15, -0.1) is 0 Å². The molecule has 0 aromatic rings. The Hall–Kier alpha value is -0.870. The van der Waals surface area contributed by atoms with Crippen molar-refractivity contribution in [2.75, 3.05) is 13.2 Å². The number of ether oxygens (including phenoxy) is 3. The van der Waals surface area contributed by atoms with E-state index in [1.54, 1.807) is 0 Å². The first-order chi connectivity index (χ1) is 6.72. The highest BCUT2D eigenvalue weighted by Gasteiger charge is 2.19. The molecule has 1 radical (unpaired) electrons. The van der Waals surface area contributed by atoms with Gasteiger partial charge < -0.3 is 14.2 Å². The zero-order valence-electron chi connectivity index (χ0n) is 8.43. The van der Waals surface area contributed by atoms with E-state index >= 15 is 0 Å². The van der Waals surface area contributed by atoms with Gasteiger partial charge in [-0.1, -0.05) is 12.2 Å². The van der Waals surface area contributed by atoms with Crippen LogP contribution in [0.1, 0.15) is 13.8 Å². The first-order valence-corrected chi connectivity index (χ1v) is 4.64. The number of rotatable bonds is 4. The van der Waals surface area contributed by atoms with E-state index in [0.717, 1.165) is 0 Å². The van der Waals surface area contributed by atoms with Gasteiger partial charge in [-0.05, 0) is 6.92 Å². The van der Waals surface area contributed by atoms with Crippen LogP contribution >= 0.6 is 0 Å². The normalized spacial score (nSPS) is 26.1. The minimum Gasteiger partial charge on any atom is -0.463 e. The highest BCUT2D eigenvalue weighted by Crippen LogP contribution is 2.12. The third-order valence-corrected chi connectivity index (χ3v) is 1.68. The number of esters is 1. The Balaban J connectivity index is 2.29. The number of hydrogen-bond donors (Lipinski definition) is 0. The van der Waals surface area contributed by atoms with Gasteiger partial charge >= 0.3 is 5.97 Å². The van der Waals surface area contributed by atoms with E-state index in [1.165, 1.54) is 6.92 Å². The van der Waals surface area contributed by atoms with E-state index < -0.39 is 0 Å². The molecule has 2 atom stereocenters. The van der Waals surface area contributed by atoms with Crippen molar-refractivity contribution in [1.82, 2.24) is 0 Å². The van der Waals surface area contributed by atoms with Crippen LogP contribution in [0.4, 0.5) is 0 Å². The van der Waals surface area contributed by atoms with Gasteiger partial charge in [0.2, 0.25) is 0 Å². The molecule has 0 aromatic carbocycles. The number of hydrogen-bond acceptors (Lipinski definition) is 4. The van der Waals surface area contributed by atoms with Crippen LogP contribution in [0.15, 0.2) is 12.2 Å². The van der Waals surface area contributed by atoms with Gasteiger partial charge in [0.1, 0.15) is 12.7 Å². The van der Waals surface area contributed by atoms with E-state index in [2.05, 4.69) is 0 Å². The molecule has 0 aliphatic carbocycles. The van der Waals surface area contributed by atoms with Crippen LogP contribution < -0.4 is 0 Å². The minimum absolute atomic E-state index is 0.208. The predicted octanol–water partition coefficient (Wildman–Crippen LogP) is 1.07. The van der Waals surface area contributed by atoms with Crippen molar-refractivity contribution in [3.8, 4) is 0 Å². The molecule has 0 saturated carbocycles. The van der Waals surface area contributed by atoms with Gasteiger partial charge in [0.05, 0.1) is 0 Å². The quantitative estimate of drug-likeness (QED) is 0.635. The second-order valence-corrected chi connectivity index (χ2v) is 2.88. The molecule has 79 valence electrons. The molecule has 0 spiro atoms. The molecule has 1 heterocycles. The lowest BCUT2D eigenvalue weighted by atomic mass is 10.2. The Morgan fingerprint density at radius 3 is 3.00 bits per heavy atom. The van der Waals surface area contributed by atoms with Crippen LogP contribution in [0, 0.1) is 6.42 Å². The van der Waals surface area contributed by atoms with Crippen molar-refractivity contribution < 1.29 is 19.0 Å². The molecule has 0 N–H and O–H groups in total. The van der Waals surface area contributed by atoms with Crippen molar-refractivity contribution >= 4 is 5.97 Å². The molecule has 0 bridgehead atoms. The summed E-state index contributed by atoms with van der Waals surface area (Å²) in [6.45, 7) is 4.10. The molecule has 1 rings (SSSR count). The maximum absolute atomic E-state index is 10.6. The number of carbonyl (C=O) groups excluding carboxylic acids is 1. The van der Waals surface area contributed by atoms with Crippen molar-refractivity contribution in [2.24, 2.45) is 0 Å². The maximum atomic E-state index is 10.6. The van der Waals surface area contributed by atoms with E-state index in [9.17, 15) is 4.79 Å². The van der Waals surface area contributed by atoms with Crippen molar-refractivity contribution in [1.29, 1.82) is 0 Å². The summed E-state index contributed by atoms with van der Waals surface area (Å²) in [5.41, 5.74) is 0. The fourth-order valence-corrected chi connectivity index (χ4v) is 1.10. The molecule has 4 nitrogen and oxygen atoms in total. The van der Waals surface area contributed by atoms with Gasteiger partial charge in [-0.25, -0.2) is 0 Å². The Kier molecular flexibility index (Phi) is 4.62. The van der Waals surface area contributed by atoms with Gasteiger partial charge in [-0.2, -0.15) is 0 Å².